The van der Waals surface area contributed by atoms with Crippen LogP contribution >= 0.6 is 11.6 Å². The Bertz CT molecular complexity index is 539. The van der Waals surface area contributed by atoms with Gasteiger partial charge in [0.2, 0.25) is 10.0 Å². The molecule has 3 N–H and O–H groups in total. The second-order valence-corrected chi connectivity index (χ2v) is 6.95. The summed E-state index contributed by atoms with van der Waals surface area (Å²) in [5, 5.41) is 0.220. The van der Waals surface area contributed by atoms with Crippen molar-refractivity contribution in [3.05, 3.63) is 28.8 Å². The van der Waals surface area contributed by atoms with Gasteiger partial charge in [0.05, 0.1) is 5.02 Å². The van der Waals surface area contributed by atoms with E-state index < -0.39 is 10.0 Å². The lowest BCUT2D eigenvalue weighted by Gasteiger charge is -2.33. The van der Waals surface area contributed by atoms with E-state index in [9.17, 15) is 8.42 Å². The fraction of sp³-hybridized carbons (Fsp3) is 0.500. The predicted molar refractivity (Wildman–Crippen MR) is 71.9 cm³/mol. The Morgan fingerprint density at radius 2 is 2.11 bits per heavy atom. The number of hydrogen-bond acceptors (Lipinski definition) is 3. The molecule has 2 rings (SSSR count). The lowest BCUT2D eigenvalue weighted by molar-refractivity contribution is 0.270. The molecule has 0 saturated heterocycles. The minimum Gasteiger partial charge on any atom is -0.326 e. The van der Waals surface area contributed by atoms with Gasteiger partial charge >= 0.3 is 0 Å². The molecule has 4 nitrogen and oxygen atoms in total. The second kappa shape index (κ2) is 5.17. The van der Waals surface area contributed by atoms with Gasteiger partial charge in [0.15, 0.2) is 0 Å². The Balaban J connectivity index is 2.19. The molecular weight excluding hydrogens is 272 g/mol. The molecule has 6 heteroatoms. The van der Waals surface area contributed by atoms with Crippen molar-refractivity contribution < 1.29 is 8.42 Å². The van der Waals surface area contributed by atoms with E-state index in [-0.39, 0.29) is 16.0 Å². The number of rotatable bonds is 4. The molecule has 1 aromatic carbocycles. The molecule has 1 saturated carbocycles. The minimum atomic E-state index is -3.52. The standard InChI is InChI=1S/C12H17ClN2O2S/c1-8-4-10(5-8)15-18(16,17)12-3-2-9(7-14)6-11(12)13/h2-3,6,8,10,15H,4-5,7,14H2,1H3. The largest absolute Gasteiger partial charge is 0.326 e. The molecule has 1 aliphatic rings. The topological polar surface area (TPSA) is 72.2 Å². The molecule has 100 valence electrons. The number of sulfonamides is 1. The first-order chi connectivity index (χ1) is 8.42. The van der Waals surface area contributed by atoms with E-state index in [0.29, 0.717) is 12.5 Å². The molecule has 1 aliphatic carbocycles. The highest BCUT2D eigenvalue weighted by Gasteiger charge is 2.30. The highest BCUT2D eigenvalue weighted by molar-refractivity contribution is 7.89. The van der Waals surface area contributed by atoms with Gasteiger partial charge in [-0.15, -0.1) is 0 Å². The van der Waals surface area contributed by atoms with Crippen LogP contribution in [0.25, 0.3) is 0 Å². The monoisotopic (exact) mass is 288 g/mol. The van der Waals surface area contributed by atoms with E-state index in [1.807, 2.05) is 0 Å². The first-order valence-electron chi connectivity index (χ1n) is 5.93. The molecular formula is C12H17ClN2O2S. The van der Waals surface area contributed by atoms with Gasteiger partial charge in [-0.2, -0.15) is 0 Å². The van der Waals surface area contributed by atoms with Crippen molar-refractivity contribution in [2.75, 3.05) is 0 Å². The van der Waals surface area contributed by atoms with Crippen LogP contribution in [0.2, 0.25) is 5.02 Å². The molecule has 0 bridgehead atoms. The minimum absolute atomic E-state index is 0.0373. The predicted octanol–water partition coefficient (Wildman–Crippen LogP) is 1.88. The van der Waals surface area contributed by atoms with Crippen LogP contribution in [0.4, 0.5) is 0 Å². The van der Waals surface area contributed by atoms with Crippen molar-refractivity contribution >= 4 is 21.6 Å². The van der Waals surface area contributed by atoms with Gasteiger partial charge in [-0.05, 0) is 36.5 Å². The van der Waals surface area contributed by atoms with Gasteiger partial charge in [-0.3, -0.25) is 0 Å². The van der Waals surface area contributed by atoms with E-state index in [2.05, 4.69) is 11.6 Å². The summed E-state index contributed by atoms with van der Waals surface area (Å²) in [6.45, 7) is 2.45. The van der Waals surface area contributed by atoms with Gasteiger partial charge < -0.3 is 5.73 Å². The van der Waals surface area contributed by atoms with Crippen molar-refractivity contribution in [1.29, 1.82) is 0 Å². The Morgan fingerprint density at radius 1 is 1.44 bits per heavy atom. The lowest BCUT2D eigenvalue weighted by atomic mass is 9.83. The molecule has 0 amide bonds. The van der Waals surface area contributed by atoms with Gasteiger partial charge in [-0.1, -0.05) is 24.6 Å². The Labute approximate surface area is 113 Å². The summed E-state index contributed by atoms with van der Waals surface area (Å²) in [7, 11) is -3.52. The lowest BCUT2D eigenvalue weighted by Crippen LogP contribution is -2.43. The SMILES string of the molecule is CC1CC(NS(=O)(=O)c2ccc(CN)cc2Cl)C1. The van der Waals surface area contributed by atoms with Crippen LogP contribution < -0.4 is 10.5 Å². The third kappa shape index (κ3) is 2.85. The zero-order valence-electron chi connectivity index (χ0n) is 10.2. The van der Waals surface area contributed by atoms with Crippen LogP contribution in [0.15, 0.2) is 23.1 Å². The smallest absolute Gasteiger partial charge is 0.242 e. The normalized spacial score (nSPS) is 23.7. The van der Waals surface area contributed by atoms with Crippen molar-refractivity contribution in [2.24, 2.45) is 11.7 Å². The zero-order valence-corrected chi connectivity index (χ0v) is 11.8. The summed E-state index contributed by atoms with van der Waals surface area (Å²) in [6.07, 6.45) is 1.77. The molecule has 0 unspecified atom stereocenters. The van der Waals surface area contributed by atoms with Crippen LogP contribution in [-0.2, 0) is 16.6 Å². The van der Waals surface area contributed by atoms with E-state index in [1.165, 1.54) is 6.07 Å². The van der Waals surface area contributed by atoms with Crippen LogP contribution in [0.3, 0.4) is 0 Å². The molecule has 1 fully saturated rings. The highest BCUT2D eigenvalue weighted by atomic mass is 35.5. The first-order valence-corrected chi connectivity index (χ1v) is 7.79. The summed E-state index contributed by atoms with van der Waals surface area (Å²) in [5.41, 5.74) is 6.30. The van der Waals surface area contributed by atoms with Gasteiger partial charge in [0, 0.05) is 12.6 Å². The molecule has 0 aromatic heterocycles. The van der Waals surface area contributed by atoms with Gasteiger partial charge in [0.25, 0.3) is 0 Å². The summed E-state index contributed by atoms with van der Waals surface area (Å²) in [6, 6.07) is 4.83. The summed E-state index contributed by atoms with van der Waals surface area (Å²) < 4.78 is 26.9. The molecule has 0 spiro atoms. The van der Waals surface area contributed by atoms with E-state index in [0.717, 1.165) is 18.4 Å². The third-order valence-electron chi connectivity index (χ3n) is 3.22. The maximum Gasteiger partial charge on any atom is 0.242 e. The van der Waals surface area contributed by atoms with Crippen molar-refractivity contribution in [2.45, 2.75) is 37.2 Å². The van der Waals surface area contributed by atoms with Crippen LogP contribution in [-0.4, -0.2) is 14.5 Å². The Hall–Kier alpha value is -0.620. The molecule has 1 aromatic rings. The van der Waals surface area contributed by atoms with Crippen molar-refractivity contribution in [1.82, 2.24) is 4.72 Å². The first kappa shape index (κ1) is 13.8. The molecule has 0 radical (unpaired) electrons. The van der Waals surface area contributed by atoms with Gasteiger partial charge in [-0.25, -0.2) is 13.1 Å². The summed E-state index contributed by atoms with van der Waals surface area (Å²) >= 11 is 5.99. The molecule has 18 heavy (non-hydrogen) atoms. The third-order valence-corrected chi connectivity index (χ3v) is 5.22. The fourth-order valence-corrected chi connectivity index (χ4v) is 4.00. The fourth-order valence-electron chi connectivity index (χ4n) is 2.17. The molecule has 0 heterocycles. The Kier molecular flexibility index (Phi) is 3.96. The molecule has 0 aliphatic heterocycles. The van der Waals surface area contributed by atoms with Gasteiger partial charge in [0.1, 0.15) is 4.90 Å². The maximum absolute atomic E-state index is 12.1. The van der Waals surface area contributed by atoms with E-state index in [1.54, 1.807) is 12.1 Å². The number of nitrogens with one attached hydrogen (secondary N) is 1. The maximum atomic E-state index is 12.1. The number of halogens is 1. The Morgan fingerprint density at radius 3 is 2.61 bits per heavy atom. The summed E-state index contributed by atoms with van der Waals surface area (Å²) in [5.74, 6) is 0.591. The zero-order chi connectivity index (χ0) is 13.3. The number of hydrogen-bond donors (Lipinski definition) is 2. The van der Waals surface area contributed by atoms with Crippen LogP contribution in [0.1, 0.15) is 25.3 Å². The van der Waals surface area contributed by atoms with E-state index >= 15 is 0 Å². The highest BCUT2D eigenvalue weighted by Crippen LogP contribution is 2.29. The molecule has 0 atom stereocenters. The van der Waals surface area contributed by atoms with Crippen LogP contribution in [0.5, 0.6) is 0 Å². The average Bonchev–Trinajstić information content (AvgIpc) is 2.26. The van der Waals surface area contributed by atoms with Crippen molar-refractivity contribution in [3.63, 3.8) is 0 Å². The van der Waals surface area contributed by atoms with Crippen LogP contribution in [0, 0.1) is 5.92 Å². The van der Waals surface area contributed by atoms with E-state index in [4.69, 9.17) is 17.3 Å². The average molecular weight is 289 g/mol. The number of benzene rings is 1. The number of nitrogens with two attached hydrogens (primary N) is 1. The second-order valence-electron chi connectivity index (χ2n) is 4.86. The summed E-state index contributed by atoms with van der Waals surface area (Å²) in [4.78, 5) is 0.126. The van der Waals surface area contributed by atoms with Crippen molar-refractivity contribution in [3.8, 4) is 0 Å². The quantitative estimate of drug-likeness (QED) is 0.888.